The molecule has 98 valence electrons. The number of para-hydroxylation sites is 1. The van der Waals surface area contributed by atoms with Crippen LogP contribution in [0.4, 0.5) is 0 Å². The van der Waals surface area contributed by atoms with Gasteiger partial charge in [0.15, 0.2) is 0 Å². The van der Waals surface area contributed by atoms with Crippen LogP contribution in [-0.2, 0) is 0 Å². The Morgan fingerprint density at radius 3 is 2.28 bits per heavy atom. The molecule has 2 aliphatic carbocycles. The first-order valence-electron chi connectivity index (χ1n) is 7.17. The first kappa shape index (κ1) is 12.3. The highest BCUT2D eigenvalue weighted by Crippen LogP contribution is 2.54. The summed E-state index contributed by atoms with van der Waals surface area (Å²) in [6.45, 7) is 0. The minimum Gasteiger partial charge on any atom is -0.490 e. The molecule has 2 unspecified atom stereocenters. The molecule has 1 spiro atoms. The predicted octanol–water partition coefficient (Wildman–Crippen LogP) is 4.79. The summed E-state index contributed by atoms with van der Waals surface area (Å²) in [5.74, 6) is 0.995. The highest BCUT2D eigenvalue weighted by atomic mass is 35.5. The molecule has 1 aromatic rings. The molecule has 0 amide bonds. The fraction of sp³-hybridized carbons (Fsp3) is 0.625. The summed E-state index contributed by atoms with van der Waals surface area (Å²) < 4.78 is 6.19. The minimum atomic E-state index is 0.258. The summed E-state index contributed by atoms with van der Waals surface area (Å²) >= 11 is 6.54. The molecule has 2 aliphatic rings. The quantitative estimate of drug-likeness (QED) is 0.698. The first-order chi connectivity index (χ1) is 8.81. The van der Waals surface area contributed by atoms with Crippen molar-refractivity contribution in [3.63, 3.8) is 0 Å². The Morgan fingerprint density at radius 1 is 1.00 bits per heavy atom. The molecular formula is C16H21ClO. The molecular weight excluding hydrogens is 244 g/mol. The highest BCUT2D eigenvalue weighted by molar-refractivity contribution is 6.21. The molecule has 0 aromatic heterocycles. The Morgan fingerprint density at radius 2 is 1.67 bits per heavy atom. The van der Waals surface area contributed by atoms with Gasteiger partial charge in [0, 0.05) is 17.2 Å². The van der Waals surface area contributed by atoms with E-state index >= 15 is 0 Å². The normalized spacial score (nSPS) is 30.5. The van der Waals surface area contributed by atoms with Gasteiger partial charge >= 0.3 is 0 Å². The average molecular weight is 265 g/mol. The summed E-state index contributed by atoms with van der Waals surface area (Å²) in [6, 6.07) is 10.2. The number of alkyl halides is 1. The molecule has 0 heterocycles. The zero-order valence-electron chi connectivity index (χ0n) is 10.8. The van der Waals surface area contributed by atoms with E-state index in [1.807, 2.05) is 30.3 Å². The molecule has 0 radical (unpaired) electrons. The predicted molar refractivity (Wildman–Crippen MR) is 75.3 cm³/mol. The van der Waals surface area contributed by atoms with Crippen molar-refractivity contribution in [2.45, 2.75) is 56.4 Å². The number of halogens is 1. The van der Waals surface area contributed by atoms with Crippen molar-refractivity contribution < 1.29 is 4.74 Å². The van der Waals surface area contributed by atoms with Crippen LogP contribution in [0.5, 0.6) is 5.75 Å². The van der Waals surface area contributed by atoms with Crippen molar-refractivity contribution >= 4 is 11.6 Å². The third-order valence-corrected chi connectivity index (χ3v) is 5.35. The summed E-state index contributed by atoms with van der Waals surface area (Å²) in [5.41, 5.74) is 0.258. The smallest absolute Gasteiger partial charge is 0.119 e. The van der Waals surface area contributed by atoms with Gasteiger partial charge in [-0.15, -0.1) is 11.6 Å². The van der Waals surface area contributed by atoms with Crippen LogP contribution >= 0.6 is 11.6 Å². The second kappa shape index (κ2) is 5.13. The van der Waals surface area contributed by atoms with Crippen molar-refractivity contribution in [3.8, 4) is 5.75 Å². The summed E-state index contributed by atoms with van der Waals surface area (Å²) in [4.78, 5) is 0. The second-order valence-corrected chi connectivity index (χ2v) is 6.30. The molecule has 1 aromatic carbocycles. The molecule has 0 saturated heterocycles. The van der Waals surface area contributed by atoms with Crippen molar-refractivity contribution in [2.75, 3.05) is 0 Å². The van der Waals surface area contributed by atoms with Crippen LogP contribution < -0.4 is 4.74 Å². The van der Waals surface area contributed by atoms with Gasteiger partial charge in [-0.1, -0.05) is 43.9 Å². The molecule has 2 fully saturated rings. The maximum Gasteiger partial charge on any atom is 0.119 e. The number of rotatable bonds is 2. The Labute approximate surface area is 114 Å². The maximum absolute atomic E-state index is 6.54. The van der Waals surface area contributed by atoms with Crippen molar-refractivity contribution in [1.82, 2.24) is 0 Å². The van der Waals surface area contributed by atoms with E-state index in [4.69, 9.17) is 16.3 Å². The van der Waals surface area contributed by atoms with Crippen LogP contribution in [0.1, 0.15) is 44.9 Å². The fourth-order valence-electron chi connectivity index (χ4n) is 3.55. The summed E-state index contributed by atoms with van der Waals surface area (Å²) in [7, 11) is 0. The fourth-order valence-corrected chi connectivity index (χ4v) is 4.07. The third-order valence-electron chi connectivity index (χ3n) is 4.74. The third kappa shape index (κ3) is 2.14. The SMILES string of the molecule is ClC1CC(Oc2ccccc2)C12CCCCCC2. The van der Waals surface area contributed by atoms with E-state index in [1.54, 1.807) is 0 Å². The molecule has 0 aliphatic heterocycles. The molecule has 0 bridgehead atoms. The lowest BCUT2D eigenvalue weighted by molar-refractivity contribution is -0.0512. The van der Waals surface area contributed by atoms with Gasteiger partial charge in [0.05, 0.1) is 0 Å². The van der Waals surface area contributed by atoms with Gasteiger partial charge in [0.25, 0.3) is 0 Å². The minimum absolute atomic E-state index is 0.258. The van der Waals surface area contributed by atoms with Gasteiger partial charge in [-0.2, -0.15) is 0 Å². The highest BCUT2D eigenvalue weighted by Gasteiger charge is 2.55. The van der Waals surface area contributed by atoms with E-state index in [-0.39, 0.29) is 5.41 Å². The largest absolute Gasteiger partial charge is 0.490 e. The van der Waals surface area contributed by atoms with Crippen LogP contribution in [-0.4, -0.2) is 11.5 Å². The lowest BCUT2D eigenvalue weighted by Crippen LogP contribution is -2.57. The number of hydrogen-bond donors (Lipinski definition) is 0. The van der Waals surface area contributed by atoms with Crippen LogP contribution in [0.25, 0.3) is 0 Å². The number of ether oxygens (including phenoxy) is 1. The van der Waals surface area contributed by atoms with Crippen LogP contribution in [0.15, 0.2) is 30.3 Å². The van der Waals surface area contributed by atoms with E-state index in [2.05, 4.69) is 0 Å². The topological polar surface area (TPSA) is 9.23 Å². The second-order valence-electron chi connectivity index (χ2n) is 5.77. The van der Waals surface area contributed by atoms with E-state index in [0.717, 1.165) is 12.2 Å². The van der Waals surface area contributed by atoms with E-state index in [1.165, 1.54) is 38.5 Å². The molecule has 3 rings (SSSR count). The lowest BCUT2D eigenvalue weighted by Gasteiger charge is -2.53. The zero-order chi connectivity index (χ0) is 12.4. The molecule has 2 saturated carbocycles. The molecule has 1 nitrogen and oxygen atoms in total. The number of benzene rings is 1. The van der Waals surface area contributed by atoms with Gasteiger partial charge in [0.2, 0.25) is 0 Å². The van der Waals surface area contributed by atoms with Crippen molar-refractivity contribution in [3.05, 3.63) is 30.3 Å². The molecule has 0 N–H and O–H groups in total. The Kier molecular flexibility index (Phi) is 3.52. The van der Waals surface area contributed by atoms with E-state index in [0.29, 0.717) is 11.5 Å². The van der Waals surface area contributed by atoms with E-state index < -0.39 is 0 Å². The Balaban J connectivity index is 1.72. The van der Waals surface area contributed by atoms with Gasteiger partial charge in [-0.25, -0.2) is 0 Å². The first-order valence-corrected chi connectivity index (χ1v) is 7.61. The van der Waals surface area contributed by atoms with Gasteiger partial charge in [-0.05, 0) is 25.0 Å². The van der Waals surface area contributed by atoms with Crippen molar-refractivity contribution in [2.24, 2.45) is 5.41 Å². The molecule has 2 atom stereocenters. The van der Waals surface area contributed by atoms with Crippen LogP contribution in [0.3, 0.4) is 0 Å². The number of hydrogen-bond acceptors (Lipinski definition) is 1. The maximum atomic E-state index is 6.54. The zero-order valence-corrected chi connectivity index (χ0v) is 11.5. The average Bonchev–Trinajstić information content (AvgIpc) is 2.67. The Hall–Kier alpha value is -0.690. The summed E-state index contributed by atoms with van der Waals surface area (Å²) in [6.07, 6.45) is 9.21. The van der Waals surface area contributed by atoms with Gasteiger partial charge < -0.3 is 4.74 Å². The summed E-state index contributed by atoms with van der Waals surface area (Å²) in [5, 5.41) is 0.323. The monoisotopic (exact) mass is 264 g/mol. The Bertz CT molecular complexity index is 381. The van der Waals surface area contributed by atoms with Crippen LogP contribution in [0.2, 0.25) is 0 Å². The molecule has 18 heavy (non-hydrogen) atoms. The van der Waals surface area contributed by atoms with Crippen molar-refractivity contribution in [1.29, 1.82) is 0 Å². The standard InChI is InChI=1S/C16H21ClO/c17-14-12-15(18-13-8-4-3-5-9-13)16(14)10-6-1-2-7-11-16/h3-5,8-9,14-15H,1-2,6-7,10-12H2. The molecule has 2 heteroatoms. The van der Waals surface area contributed by atoms with Gasteiger partial charge in [-0.3, -0.25) is 0 Å². The van der Waals surface area contributed by atoms with Gasteiger partial charge in [0.1, 0.15) is 11.9 Å². The van der Waals surface area contributed by atoms with Crippen LogP contribution in [0, 0.1) is 5.41 Å². The lowest BCUT2D eigenvalue weighted by atomic mass is 9.61. The van der Waals surface area contributed by atoms with E-state index in [9.17, 15) is 0 Å².